The molecule has 5 atom stereocenters. The van der Waals surface area contributed by atoms with Gasteiger partial charge in [0.25, 0.3) is 0 Å². The number of hydrogen-bond acceptors (Lipinski definition) is 9. The number of aliphatic hydroxyl groups is 3. The van der Waals surface area contributed by atoms with Crippen molar-refractivity contribution in [3.8, 4) is 5.75 Å². The molecule has 1 fully saturated rings. The summed E-state index contributed by atoms with van der Waals surface area (Å²) in [7, 11) is 1.26. The number of carbonyl (C=O) groups is 2. The highest BCUT2D eigenvalue weighted by atomic mass is 16.7. The van der Waals surface area contributed by atoms with Gasteiger partial charge >= 0.3 is 0 Å². The molecule has 9 nitrogen and oxygen atoms in total. The van der Waals surface area contributed by atoms with Crippen LogP contribution in [0.5, 0.6) is 5.75 Å². The second-order valence-electron chi connectivity index (χ2n) is 5.96. The minimum atomic E-state index is -1.53. The maximum atomic E-state index is 12.4. The molecular formula is C17H18O9. The Morgan fingerprint density at radius 2 is 1.85 bits per heavy atom. The zero-order valence-electron chi connectivity index (χ0n) is 13.7. The van der Waals surface area contributed by atoms with E-state index in [-0.39, 0.29) is 29.2 Å². The Hall–Kier alpha value is -2.30. The van der Waals surface area contributed by atoms with Crippen LogP contribution < -0.4 is 0 Å². The van der Waals surface area contributed by atoms with E-state index in [4.69, 9.17) is 14.2 Å². The average molecular weight is 366 g/mol. The predicted octanol–water partition coefficient (Wildman–Crippen LogP) is -0.874. The summed E-state index contributed by atoms with van der Waals surface area (Å²) in [6.45, 7) is -0.371. The van der Waals surface area contributed by atoms with E-state index in [1.54, 1.807) is 0 Å². The van der Waals surface area contributed by atoms with Crippen LogP contribution in [0.15, 0.2) is 30.0 Å². The maximum Gasteiger partial charge on any atom is 0.228 e. The number of fused-ring (bicyclic) bond motifs is 1. The summed E-state index contributed by atoms with van der Waals surface area (Å²) in [6, 6.07) is 4.11. The first kappa shape index (κ1) is 18.5. The van der Waals surface area contributed by atoms with Crippen LogP contribution in [-0.4, -0.2) is 76.4 Å². The van der Waals surface area contributed by atoms with E-state index in [0.717, 1.165) is 6.08 Å². The normalized spacial score (nSPS) is 31.4. The molecule has 0 saturated carbocycles. The van der Waals surface area contributed by atoms with Crippen molar-refractivity contribution in [3.05, 3.63) is 41.2 Å². The summed E-state index contributed by atoms with van der Waals surface area (Å²) in [6.07, 6.45) is -5.80. The Bertz CT molecular complexity index is 755. The second-order valence-corrected chi connectivity index (χ2v) is 5.96. The fraction of sp³-hybridized carbons (Fsp3) is 0.412. The van der Waals surface area contributed by atoms with Gasteiger partial charge in [0.1, 0.15) is 36.8 Å². The van der Waals surface area contributed by atoms with E-state index < -0.39 is 42.3 Å². The van der Waals surface area contributed by atoms with Crippen LogP contribution in [0.25, 0.3) is 0 Å². The Morgan fingerprint density at radius 3 is 2.54 bits per heavy atom. The van der Waals surface area contributed by atoms with Crippen molar-refractivity contribution in [3.63, 3.8) is 0 Å². The van der Waals surface area contributed by atoms with Crippen molar-refractivity contribution in [1.82, 2.24) is 0 Å². The molecule has 3 rings (SSSR count). The topological polar surface area (TPSA) is 143 Å². The average Bonchev–Trinajstić information content (AvgIpc) is 2.62. The number of carbonyl (C=O) groups excluding carboxylic acids is 2. The number of allylic oxidation sites excluding steroid dienone is 2. The summed E-state index contributed by atoms with van der Waals surface area (Å²) in [5.41, 5.74) is -0.0976. The van der Waals surface area contributed by atoms with Gasteiger partial charge in [0.05, 0.1) is 5.56 Å². The summed E-state index contributed by atoms with van der Waals surface area (Å²) in [5.74, 6) is -1.78. The number of rotatable bonds is 4. The molecule has 2 aliphatic rings. The van der Waals surface area contributed by atoms with Crippen molar-refractivity contribution < 1.29 is 44.2 Å². The van der Waals surface area contributed by atoms with Crippen LogP contribution in [-0.2, 0) is 14.2 Å². The van der Waals surface area contributed by atoms with Crippen LogP contribution in [0.1, 0.15) is 20.7 Å². The predicted molar refractivity (Wildman–Crippen MR) is 84.5 cm³/mol. The lowest BCUT2D eigenvalue weighted by Crippen LogP contribution is -2.59. The van der Waals surface area contributed by atoms with Crippen molar-refractivity contribution in [2.24, 2.45) is 0 Å². The van der Waals surface area contributed by atoms with Crippen LogP contribution in [0.4, 0.5) is 0 Å². The van der Waals surface area contributed by atoms with Gasteiger partial charge in [0.2, 0.25) is 5.78 Å². The molecule has 0 aromatic heterocycles. The number of phenols is 1. The lowest BCUT2D eigenvalue weighted by molar-refractivity contribution is -0.294. The molecule has 1 saturated heterocycles. The van der Waals surface area contributed by atoms with E-state index in [2.05, 4.69) is 0 Å². The molecule has 1 aliphatic heterocycles. The minimum absolute atomic E-state index is 0.00263. The summed E-state index contributed by atoms with van der Waals surface area (Å²) < 4.78 is 15.5. The van der Waals surface area contributed by atoms with Gasteiger partial charge in [-0.1, -0.05) is 6.07 Å². The number of aromatic hydroxyl groups is 1. The lowest BCUT2D eigenvalue weighted by atomic mass is 9.93. The first-order valence-corrected chi connectivity index (χ1v) is 7.83. The number of Topliss-reactive ketones (excluding diaryl/α,β-unsaturated/α-hetero) is 1. The standard InChI is InChI=1S/C17H18O9/c1-24-17-16(23)15(22)14(21)11(26-17)6-25-10-5-9(19)12-7(13(10)20)3-2-4-8(12)18/h2-5,11,14-18,21-23H,6H2,1H3/t11-,14-,15+,16-,17+/m1/s1. The highest BCUT2D eigenvalue weighted by molar-refractivity contribution is 6.24. The van der Waals surface area contributed by atoms with Crippen LogP contribution in [0, 0.1) is 0 Å². The van der Waals surface area contributed by atoms with Gasteiger partial charge in [-0.2, -0.15) is 0 Å². The SMILES string of the molecule is CO[C@H]1O[C@H](COC2=CC(=O)c3c(O)cccc3C2=O)[C@@H](O)[C@H](O)[C@H]1O. The Balaban J connectivity index is 1.74. The van der Waals surface area contributed by atoms with Crippen LogP contribution in [0.3, 0.4) is 0 Å². The molecule has 26 heavy (non-hydrogen) atoms. The monoisotopic (exact) mass is 366 g/mol. The Morgan fingerprint density at radius 1 is 1.12 bits per heavy atom. The number of ketones is 2. The third kappa shape index (κ3) is 3.11. The third-order valence-corrected chi connectivity index (χ3v) is 4.32. The van der Waals surface area contributed by atoms with Crippen LogP contribution in [0.2, 0.25) is 0 Å². The van der Waals surface area contributed by atoms with E-state index in [0.29, 0.717) is 0 Å². The quantitative estimate of drug-likeness (QED) is 0.534. The summed E-state index contributed by atoms with van der Waals surface area (Å²) in [4.78, 5) is 24.6. The van der Waals surface area contributed by atoms with Gasteiger partial charge in [0, 0.05) is 18.7 Å². The molecule has 140 valence electrons. The smallest absolute Gasteiger partial charge is 0.228 e. The van der Waals surface area contributed by atoms with Gasteiger partial charge in [0.15, 0.2) is 17.8 Å². The number of methoxy groups -OCH3 is 1. The number of hydrogen-bond donors (Lipinski definition) is 4. The molecule has 0 amide bonds. The number of benzene rings is 1. The molecule has 9 heteroatoms. The third-order valence-electron chi connectivity index (χ3n) is 4.32. The molecule has 0 bridgehead atoms. The molecule has 0 spiro atoms. The molecule has 0 unspecified atom stereocenters. The fourth-order valence-corrected chi connectivity index (χ4v) is 2.91. The Labute approximate surface area is 148 Å². The van der Waals surface area contributed by atoms with Crippen molar-refractivity contribution in [2.75, 3.05) is 13.7 Å². The first-order valence-electron chi connectivity index (χ1n) is 7.83. The van der Waals surface area contributed by atoms with Crippen molar-refractivity contribution in [1.29, 1.82) is 0 Å². The van der Waals surface area contributed by atoms with Crippen molar-refractivity contribution in [2.45, 2.75) is 30.7 Å². The van der Waals surface area contributed by atoms with E-state index in [9.17, 15) is 30.0 Å². The van der Waals surface area contributed by atoms with Crippen molar-refractivity contribution >= 4 is 11.6 Å². The first-order chi connectivity index (χ1) is 12.3. The summed E-state index contributed by atoms with van der Waals surface area (Å²) >= 11 is 0. The van der Waals surface area contributed by atoms with Crippen LogP contribution >= 0.6 is 0 Å². The molecule has 0 radical (unpaired) electrons. The molecular weight excluding hydrogens is 348 g/mol. The molecule has 1 aromatic carbocycles. The molecule has 4 N–H and O–H groups in total. The van der Waals surface area contributed by atoms with Gasteiger partial charge in [-0.25, -0.2) is 0 Å². The number of phenolic OH excluding ortho intramolecular Hbond substituents is 1. The van der Waals surface area contributed by atoms with E-state index in [1.807, 2.05) is 0 Å². The van der Waals surface area contributed by atoms with Gasteiger partial charge < -0.3 is 34.6 Å². The number of aliphatic hydroxyl groups excluding tert-OH is 3. The zero-order valence-corrected chi connectivity index (χ0v) is 13.7. The van der Waals surface area contributed by atoms with E-state index in [1.165, 1.54) is 25.3 Å². The maximum absolute atomic E-state index is 12.4. The minimum Gasteiger partial charge on any atom is -0.507 e. The molecule has 1 heterocycles. The molecule has 1 aliphatic carbocycles. The second kappa shape index (κ2) is 7.14. The van der Waals surface area contributed by atoms with Gasteiger partial charge in [-0.15, -0.1) is 0 Å². The summed E-state index contributed by atoms with van der Waals surface area (Å²) in [5, 5.41) is 39.3. The number of ether oxygens (including phenoxy) is 3. The fourth-order valence-electron chi connectivity index (χ4n) is 2.91. The van der Waals surface area contributed by atoms with E-state index >= 15 is 0 Å². The highest BCUT2D eigenvalue weighted by Crippen LogP contribution is 2.29. The lowest BCUT2D eigenvalue weighted by Gasteiger charge is -2.39. The van der Waals surface area contributed by atoms with Gasteiger partial charge in [-0.05, 0) is 12.1 Å². The largest absolute Gasteiger partial charge is 0.507 e. The Kier molecular flexibility index (Phi) is 5.08. The molecule has 1 aromatic rings. The highest BCUT2D eigenvalue weighted by Gasteiger charge is 2.44. The van der Waals surface area contributed by atoms with Gasteiger partial charge in [-0.3, -0.25) is 9.59 Å². The zero-order chi connectivity index (χ0) is 19.0.